The Morgan fingerprint density at radius 2 is 2.20 bits per heavy atom. The van der Waals surface area contributed by atoms with Gasteiger partial charge < -0.3 is 5.32 Å². The van der Waals surface area contributed by atoms with Crippen LogP contribution in [0.25, 0.3) is 0 Å². The standard InChI is InChI=1S/C14H10BrClFNOS/c15-9-3-4-20-14(9)13(16)8-5-7-1-2-12(19)18-11(7)6-10(8)17/h3-6,13H,1-2H2,(H,18,19). The number of hydrogen-bond donors (Lipinski definition) is 1. The number of carbonyl (C=O) groups is 1. The average Bonchev–Trinajstić information content (AvgIpc) is 2.83. The Balaban J connectivity index is 2.02. The molecule has 0 bridgehead atoms. The lowest BCUT2D eigenvalue weighted by atomic mass is 9.98. The van der Waals surface area contributed by atoms with Gasteiger partial charge in [-0.05, 0) is 51.5 Å². The third kappa shape index (κ3) is 2.50. The van der Waals surface area contributed by atoms with E-state index in [4.69, 9.17) is 11.6 Å². The minimum atomic E-state index is -0.535. The first kappa shape index (κ1) is 14.0. The van der Waals surface area contributed by atoms with E-state index in [0.29, 0.717) is 24.1 Å². The molecule has 0 aliphatic carbocycles. The molecule has 20 heavy (non-hydrogen) atoms. The lowest BCUT2D eigenvalue weighted by molar-refractivity contribution is -0.116. The zero-order valence-corrected chi connectivity index (χ0v) is 13.4. The molecule has 2 aromatic rings. The van der Waals surface area contributed by atoms with Crippen molar-refractivity contribution in [2.45, 2.75) is 18.2 Å². The van der Waals surface area contributed by atoms with Crippen LogP contribution in [0.1, 0.15) is 27.8 Å². The number of thiophene rings is 1. The SMILES string of the molecule is O=C1CCc2cc(C(Cl)c3sccc3Br)c(F)cc2N1. The van der Waals surface area contributed by atoms with E-state index in [1.807, 2.05) is 11.4 Å². The smallest absolute Gasteiger partial charge is 0.224 e. The number of alkyl halides is 1. The molecule has 0 radical (unpaired) electrons. The summed E-state index contributed by atoms with van der Waals surface area (Å²) >= 11 is 11.3. The molecular formula is C14H10BrClFNOS. The van der Waals surface area contributed by atoms with Gasteiger partial charge in [-0.3, -0.25) is 4.79 Å². The first-order valence-corrected chi connectivity index (χ1v) is 8.16. The number of carbonyl (C=O) groups excluding carboxylic acids is 1. The summed E-state index contributed by atoms with van der Waals surface area (Å²) in [4.78, 5) is 12.2. The maximum Gasteiger partial charge on any atom is 0.224 e. The van der Waals surface area contributed by atoms with Crippen molar-refractivity contribution in [3.63, 3.8) is 0 Å². The van der Waals surface area contributed by atoms with Gasteiger partial charge in [-0.25, -0.2) is 4.39 Å². The molecule has 0 spiro atoms. The van der Waals surface area contributed by atoms with Gasteiger partial charge in [-0.1, -0.05) is 0 Å². The number of benzene rings is 1. The molecule has 2 nitrogen and oxygen atoms in total. The van der Waals surface area contributed by atoms with Crippen molar-refractivity contribution in [2.24, 2.45) is 0 Å². The molecule has 0 saturated carbocycles. The van der Waals surface area contributed by atoms with Gasteiger partial charge in [0.15, 0.2) is 0 Å². The molecule has 1 N–H and O–H groups in total. The molecule has 6 heteroatoms. The van der Waals surface area contributed by atoms with Gasteiger partial charge >= 0.3 is 0 Å². The van der Waals surface area contributed by atoms with Crippen LogP contribution in [0.15, 0.2) is 28.1 Å². The van der Waals surface area contributed by atoms with Crippen LogP contribution in [0.4, 0.5) is 10.1 Å². The van der Waals surface area contributed by atoms with E-state index >= 15 is 0 Å². The molecule has 104 valence electrons. The summed E-state index contributed by atoms with van der Waals surface area (Å²) in [5, 5.41) is 4.06. The molecule has 1 atom stereocenters. The van der Waals surface area contributed by atoms with Gasteiger partial charge in [0.2, 0.25) is 5.91 Å². The second-order valence-electron chi connectivity index (χ2n) is 4.57. The van der Waals surface area contributed by atoms with Gasteiger partial charge in [-0.15, -0.1) is 22.9 Å². The van der Waals surface area contributed by atoms with E-state index in [9.17, 15) is 9.18 Å². The highest BCUT2D eigenvalue weighted by molar-refractivity contribution is 9.10. The monoisotopic (exact) mass is 373 g/mol. The highest BCUT2D eigenvalue weighted by atomic mass is 79.9. The number of aryl methyl sites for hydroxylation is 1. The molecule has 0 saturated heterocycles. The van der Waals surface area contributed by atoms with Crippen LogP contribution in [0.2, 0.25) is 0 Å². The van der Waals surface area contributed by atoms with Crippen molar-refractivity contribution in [3.05, 3.63) is 49.9 Å². The first-order chi connectivity index (χ1) is 9.56. The zero-order chi connectivity index (χ0) is 14.3. The summed E-state index contributed by atoms with van der Waals surface area (Å²) in [6, 6.07) is 5.01. The van der Waals surface area contributed by atoms with Crippen molar-refractivity contribution >= 4 is 50.5 Å². The van der Waals surface area contributed by atoms with Crippen LogP contribution in [-0.2, 0) is 11.2 Å². The third-order valence-electron chi connectivity index (χ3n) is 3.27. The molecule has 1 unspecified atom stereocenters. The van der Waals surface area contributed by atoms with Crippen molar-refractivity contribution in [1.82, 2.24) is 0 Å². The van der Waals surface area contributed by atoms with E-state index in [2.05, 4.69) is 21.2 Å². The van der Waals surface area contributed by atoms with Crippen LogP contribution in [0, 0.1) is 5.82 Å². The normalized spacial score (nSPS) is 15.7. The minimum Gasteiger partial charge on any atom is -0.326 e. The van der Waals surface area contributed by atoms with Gasteiger partial charge in [-0.2, -0.15) is 0 Å². The number of rotatable bonds is 2. The Bertz CT molecular complexity index is 688. The Hall–Kier alpha value is -0.910. The van der Waals surface area contributed by atoms with E-state index in [1.54, 1.807) is 6.07 Å². The van der Waals surface area contributed by atoms with Crippen molar-refractivity contribution in [3.8, 4) is 0 Å². The van der Waals surface area contributed by atoms with Gasteiger partial charge in [0.25, 0.3) is 0 Å². The van der Waals surface area contributed by atoms with Gasteiger partial charge in [0, 0.05) is 27.0 Å². The molecule has 0 fully saturated rings. The zero-order valence-electron chi connectivity index (χ0n) is 10.3. The summed E-state index contributed by atoms with van der Waals surface area (Å²) in [5.74, 6) is -0.473. The number of halogens is 3. The number of amides is 1. The lowest BCUT2D eigenvalue weighted by Gasteiger charge is -2.19. The fourth-order valence-corrected chi connectivity index (χ4v) is 4.41. The molecule has 1 aliphatic rings. The Labute approximate surface area is 133 Å². The number of hydrogen-bond acceptors (Lipinski definition) is 2. The maximum atomic E-state index is 14.2. The van der Waals surface area contributed by atoms with Crippen LogP contribution in [0.5, 0.6) is 0 Å². The largest absolute Gasteiger partial charge is 0.326 e. The van der Waals surface area contributed by atoms with Gasteiger partial charge in [0.05, 0.1) is 5.38 Å². The lowest BCUT2D eigenvalue weighted by Crippen LogP contribution is -2.19. The Morgan fingerprint density at radius 1 is 1.40 bits per heavy atom. The quantitative estimate of drug-likeness (QED) is 0.747. The predicted molar refractivity (Wildman–Crippen MR) is 83.1 cm³/mol. The molecule has 1 aromatic carbocycles. The number of fused-ring (bicyclic) bond motifs is 1. The summed E-state index contributed by atoms with van der Waals surface area (Å²) < 4.78 is 15.1. The highest BCUT2D eigenvalue weighted by Crippen LogP contribution is 2.40. The van der Waals surface area contributed by atoms with E-state index in [0.717, 1.165) is 14.9 Å². The highest BCUT2D eigenvalue weighted by Gasteiger charge is 2.23. The Kier molecular flexibility index (Phi) is 3.84. The summed E-state index contributed by atoms with van der Waals surface area (Å²) in [7, 11) is 0. The first-order valence-electron chi connectivity index (χ1n) is 6.05. The third-order valence-corrected chi connectivity index (χ3v) is 5.78. The molecule has 1 aliphatic heterocycles. The second kappa shape index (κ2) is 5.47. The summed E-state index contributed by atoms with van der Waals surface area (Å²) in [5.41, 5.74) is 1.93. The molecule has 2 heterocycles. The van der Waals surface area contributed by atoms with Gasteiger partial charge in [0.1, 0.15) is 5.82 Å². The van der Waals surface area contributed by atoms with E-state index < -0.39 is 11.2 Å². The average molecular weight is 375 g/mol. The van der Waals surface area contributed by atoms with Crippen LogP contribution >= 0.6 is 38.9 Å². The fraction of sp³-hybridized carbons (Fsp3) is 0.214. The fourth-order valence-electron chi connectivity index (χ4n) is 2.24. The summed E-state index contributed by atoms with van der Waals surface area (Å²) in [6.45, 7) is 0. The van der Waals surface area contributed by atoms with Crippen molar-refractivity contribution in [1.29, 1.82) is 0 Å². The number of anilines is 1. The van der Waals surface area contributed by atoms with Crippen LogP contribution in [-0.4, -0.2) is 5.91 Å². The minimum absolute atomic E-state index is 0.0759. The predicted octanol–water partition coefficient (Wildman–Crippen LogP) is 4.86. The topological polar surface area (TPSA) is 29.1 Å². The van der Waals surface area contributed by atoms with Crippen molar-refractivity contribution in [2.75, 3.05) is 5.32 Å². The van der Waals surface area contributed by atoms with Crippen LogP contribution < -0.4 is 5.32 Å². The molecule has 1 amide bonds. The molecule has 3 rings (SSSR count). The number of nitrogens with one attached hydrogen (secondary N) is 1. The second-order valence-corrected chi connectivity index (χ2v) is 6.81. The summed E-state index contributed by atoms with van der Waals surface area (Å²) in [6.07, 6.45) is 1.04. The van der Waals surface area contributed by atoms with E-state index in [1.165, 1.54) is 17.4 Å². The maximum absolute atomic E-state index is 14.2. The molecular weight excluding hydrogens is 365 g/mol. The molecule has 1 aromatic heterocycles. The van der Waals surface area contributed by atoms with E-state index in [-0.39, 0.29) is 5.91 Å². The Morgan fingerprint density at radius 3 is 2.90 bits per heavy atom. The van der Waals surface area contributed by atoms with Crippen molar-refractivity contribution < 1.29 is 9.18 Å². The van der Waals surface area contributed by atoms with Crippen LogP contribution in [0.3, 0.4) is 0 Å².